The maximum absolute atomic E-state index is 12.1. The number of nitrogens with zero attached hydrogens (tertiary/aromatic N) is 2. The minimum absolute atomic E-state index is 0.00247. The molecule has 1 atom stereocenters. The van der Waals surface area contributed by atoms with Gasteiger partial charge in [0.25, 0.3) is 0 Å². The molecule has 0 radical (unpaired) electrons. The van der Waals surface area contributed by atoms with Crippen molar-refractivity contribution in [3.63, 3.8) is 0 Å². The van der Waals surface area contributed by atoms with Gasteiger partial charge in [-0.05, 0) is 32.6 Å². The molecule has 2 amide bonds. The number of carbonyl (C=O) groups excluding carboxylic acids is 2. The molecule has 22 heavy (non-hydrogen) atoms. The third kappa shape index (κ3) is 4.84. The van der Waals surface area contributed by atoms with Crippen LogP contribution in [0.3, 0.4) is 0 Å². The molecule has 0 unspecified atom stereocenters. The third-order valence-electron chi connectivity index (χ3n) is 3.88. The SMILES string of the molecule is CN(C)CCCNC(=O)[C@H]1CC(=O)N(Cc2ccccc2)C1. The number of hydrogen-bond acceptors (Lipinski definition) is 3. The Morgan fingerprint density at radius 3 is 2.73 bits per heavy atom. The maximum Gasteiger partial charge on any atom is 0.225 e. The van der Waals surface area contributed by atoms with E-state index in [2.05, 4.69) is 10.2 Å². The largest absolute Gasteiger partial charge is 0.356 e. The Labute approximate surface area is 132 Å². The number of carbonyl (C=O) groups is 2. The summed E-state index contributed by atoms with van der Waals surface area (Å²) < 4.78 is 0. The van der Waals surface area contributed by atoms with Crippen molar-refractivity contribution in [3.05, 3.63) is 35.9 Å². The zero-order valence-corrected chi connectivity index (χ0v) is 13.4. The molecule has 1 aromatic carbocycles. The average molecular weight is 303 g/mol. The second kappa shape index (κ2) is 7.94. The van der Waals surface area contributed by atoms with E-state index in [4.69, 9.17) is 0 Å². The van der Waals surface area contributed by atoms with E-state index < -0.39 is 0 Å². The first-order chi connectivity index (χ1) is 10.6. The zero-order valence-electron chi connectivity index (χ0n) is 13.4. The fourth-order valence-electron chi connectivity index (χ4n) is 2.66. The molecular weight excluding hydrogens is 278 g/mol. The minimum atomic E-state index is -0.212. The number of nitrogens with one attached hydrogen (secondary N) is 1. The van der Waals surface area contributed by atoms with Gasteiger partial charge in [-0.1, -0.05) is 30.3 Å². The molecule has 5 nitrogen and oxygen atoms in total. The highest BCUT2D eigenvalue weighted by Crippen LogP contribution is 2.20. The smallest absolute Gasteiger partial charge is 0.225 e. The van der Waals surface area contributed by atoms with E-state index in [9.17, 15) is 9.59 Å². The van der Waals surface area contributed by atoms with Crippen LogP contribution in [0.5, 0.6) is 0 Å². The molecule has 1 fully saturated rings. The Morgan fingerprint density at radius 2 is 2.05 bits per heavy atom. The van der Waals surface area contributed by atoms with Gasteiger partial charge < -0.3 is 15.1 Å². The molecule has 0 spiro atoms. The Hall–Kier alpha value is -1.88. The van der Waals surface area contributed by atoms with Gasteiger partial charge in [0.1, 0.15) is 0 Å². The van der Waals surface area contributed by atoms with Gasteiger partial charge in [0.15, 0.2) is 0 Å². The standard InChI is InChI=1S/C17H25N3O2/c1-19(2)10-6-9-18-17(22)15-11-16(21)20(13-15)12-14-7-4-3-5-8-14/h3-5,7-8,15H,6,9-13H2,1-2H3,(H,18,22)/t15-/m0/s1. The molecular formula is C17H25N3O2. The van der Waals surface area contributed by atoms with Crippen molar-refractivity contribution in [2.24, 2.45) is 5.92 Å². The fraction of sp³-hybridized carbons (Fsp3) is 0.529. The van der Waals surface area contributed by atoms with Crippen LogP contribution in [0.4, 0.5) is 0 Å². The van der Waals surface area contributed by atoms with E-state index in [1.165, 1.54) is 0 Å². The van der Waals surface area contributed by atoms with Crippen molar-refractivity contribution in [3.8, 4) is 0 Å². The van der Waals surface area contributed by atoms with Gasteiger partial charge in [0.05, 0.1) is 5.92 Å². The van der Waals surface area contributed by atoms with E-state index in [1.54, 1.807) is 4.90 Å². The van der Waals surface area contributed by atoms with Crippen LogP contribution in [0, 0.1) is 5.92 Å². The van der Waals surface area contributed by atoms with E-state index in [0.717, 1.165) is 18.5 Å². The molecule has 1 aliphatic rings. The normalized spacial score (nSPS) is 18.0. The summed E-state index contributed by atoms with van der Waals surface area (Å²) in [7, 11) is 4.03. The Balaban J connectivity index is 1.77. The Morgan fingerprint density at radius 1 is 1.32 bits per heavy atom. The summed E-state index contributed by atoms with van der Waals surface area (Å²) in [6, 6.07) is 9.89. The Kier molecular flexibility index (Phi) is 5.95. The van der Waals surface area contributed by atoms with Crippen LogP contribution in [0.2, 0.25) is 0 Å². The highest BCUT2D eigenvalue weighted by atomic mass is 16.2. The summed E-state index contributed by atoms with van der Waals surface area (Å²) >= 11 is 0. The second-order valence-corrected chi connectivity index (χ2v) is 6.11. The van der Waals surface area contributed by atoms with Crippen LogP contribution >= 0.6 is 0 Å². The van der Waals surface area contributed by atoms with Crippen LogP contribution < -0.4 is 5.32 Å². The zero-order chi connectivity index (χ0) is 15.9. The van der Waals surface area contributed by atoms with Crippen molar-refractivity contribution in [1.29, 1.82) is 0 Å². The number of benzene rings is 1. The van der Waals surface area contributed by atoms with Crippen LogP contribution in [0.1, 0.15) is 18.4 Å². The summed E-state index contributed by atoms with van der Waals surface area (Å²) in [4.78, 5) is 28.0. The van der Waals surface area contributed by atoms with Gasteiger partial charge in [-0.25, -0.2) is 0 Å². The molecule has 0 aromatic heterocycles. The lowest BCUT2D eigenvalue weighted by Gasteiger charge is -2.17. The van der Waals surface area contributed by atoms with Gasteiger partial charge in [-0.3, -0.25) is 9.59 Å². The van der Waals surface area contributed by atoms with E-state index >= 15 is 0 Å². The highest BCUT2D eigenvalue weighted by Gasteiger charge is 2.33. The molecule has 1 aliphatic heterocycles. The summed E-state index contributed by atoms with van der Waals surface area (Å²) in [6.45, 7) is 2.72. The summed E-state index contributed by atoms with van der Waals surface area (Å²) in [6.07, 6.45) is 1.25. The van der Waals surface area contributed by atoms with Crippen molar-refractivity contribution >= 4 is 11.8 Å². The predicted molar refractivity (Wildman–Crippen MR) is 86.1 cm³/mol. The van der Waals surface area contributed by atoms with Crippen LogP contribution in [0.15, 0.2) is 30.3 Å². The van der Waals surface area contributed by atoms with Gasteiger partial charge in [-0.15, -0.1) is 0 Å². The predicted octanol–water partition coefficient (Wildman–Crippen LogP) is 1.10. The average Bonchev–Trinajstić information content (AvgIpc) is 2.85. The molecule has 1 N–H and O–H groups in total. The number of amides is 2. The number of hydrogen-bond donors (Lipinski definition) is 1. The molecule has 120 valence electrons. The monoisotopic (exact) mass is 303 g/mol. The van der Waals surface area contributed by atoms with Crippen LogP contribution in [-0.2, 0) is 16.1 Å². The first-order valence-corrected chi connectivity index (χ1v) is 7.80. The molecule has 1 heterocycles. The lowest BCUT2D eigenvalue weighted by atomic mass is 10.1. The summed E-state index contributed by atoms with van der Waals surface area (Å²) in [5.41, 5.74) is 1.10. The third-order valence-corrected chi connectivity index (χ3v) is 3.88. The Bertz CT molecular complexity index is 502. The molecule has 5 heteroatoms. The minimum Gasteiger partial charge on any atom is -0.356 e. The second-order valence-electron chi connectivity index (χ2n) is 6.11. The van der Waals surface area contributed by atoms with Crippen molar-refractivity contribution in [2.45, 2.75) is 19.4 Å². The van der Waals surface area contributed by atoms with Crippen molar-refractivity contribution < 1.29 is 9.59 Å². The van der Waals surface area contributed by atoms with Gasteiger partial charge in [0.2, 0.25) is 11.8 Å². The van der Waals surface area contributed by atoms with E-state index in [1.807, 2.05) is 44.4 Å². The topological polar surface area (TPSA) is 52.7 Å². The lowest BCUT2D eigenvalue weighted by molar-refractivity contribution is -0.129. The quantitative estimate of drug-likeness (QED) is 0.768. The van der Waals surface area contributed by atoms with Crippen LogP contribution in [-0.4, -0.2) is 55.3 Å². The van der Waals surface area contributed by atoms with Crippen molar-refractivity contribution in [1.82, 2.24) is 15.1 Å². The van der Waals surface area contributed by atoms with Gasteiger partial charge in [0, 0.05) is 26.1 Å². The maximum atomic E-state index is 12.1. The van der Waals surface area contributed by atoms with Crippen LogP contribution in [0.25, 0.3) is 0 Å². The fourth-order valence-corrected chi connectivity index (χ4v) is 2.66. The summed E-state index contributed by atoms with van der Waals surface area (Å²) in [5, 5.41) is 2.94. The first kappa shape index (κ1) is 16.5. The van der Waals surface area contributed by atoms with Gasteiger partial charge in [-0.2, -0.15) is 0 Å². The van der Waals surface area contributed by atoms with Crippen molar-refractivity contribution in [2.75, 3.05) is 33.7 Å². The van der Waals surface area contributed by atoms with E-state index in [-0.39, 0.29) is 17.7 Å². The first-order valence-electron chi connectivity index (χ1n) is 7.80. The van der Waals surface area contributed by atoms with E-state index in [0.29, 0.717) is 26.1 Å². The lowest BCUT2D eigenvalue weighted by Crippen LogP contribution is -2.34. The summed E-state index contributed by atoms with van der Waals surface area (Å²) in [5.74, 6) is -0.143. The molecule has 1 aromatic rings. The molecule has 0 bridgehead atoms. The molecule has 0 aliphatic carbocycles. The van der Waals surface area contributed by atoms with Gasteiger partial charge >= 0.3 is 0 Å². The molecule has 1 saturated heterocycles. The highest BCUT2D eigenvalue weighted by molar-refractivity contribution is 5.89. The molecule has 2 rings (SSSR count). The number of rotatable bonds is 7. The molecule has 0 saturated carbocycles. The number of likely N-dealkylation sites (tertiary alicyclic amines) is 1.